The van der Waals surface area contributed by atoms with Crippen LogP contribution in [-0.4, -0.2) is 10.9 Å². The molecule has 3 nitrogen and oxygen atoms in total. The lowest BCUT2D eigenvalue weighted by molar-refractivity contribution is -0.119. The summed E-state index contributed by atoms with van der Waals surface area (Å²) in [5.74, 6) is 0.0562. The zero-order chi connectivity index (χ0) is 14.7. The average Bonchev–Trinajstić information content (AvgIpc) is 3.13. The Morgan fingerprint density at radius 2 is 2.24 bits per heavy atom. The Balaban J connectivity index is 1.79. The maximum atomic E-state index is 11.5. The third-order valence-electron chi connectivity index (χ3n) is 2.95. The molecular formula is C15H14N2OS3. The summed E-state index contributed by atoms with van der Waals surface area (Å²) in [7, 11) is 0. The Bertz CT molecular complexity index is 749. The minimum absolute atomic E-state index is 0.0562. The van der Waals surface area contributed by atoms with Crippen molar-refractivity contribution in [2.75, 3.05) is 0 Å². The van der Waals surface area contributed by atoms with Gasteiger partial charge in [-0.15, -0.1) is 11.3 Å². The molecule has 21 heavy (non-hydrogen) atoms. The molecule has 108 valence electrons. The second kappa shape index (κ2) is 6.60. The highest BCUT2D eigenvalue weighted by molar-refractivity contribution is 7.99. The number of nitrogens with one attached hydrogen (secondary N) is 1. The first kappa shape index (κ1) is 14.6. The Hall–Kier alpha value is -1.37. The highest BCUT2D eigenvalue weighted by atomic mass is 32.2. The first-order valence-corrected chi connectivity index (χ1v) is 9.22. The smallest absolute Gasteiger partial charge is 0.230 e. The van der Waals surface area contributed by atoms with Gasteiger partial charge in [-0.25, -0.2) is 4.98 Å². The van der Waals surface area contributed by atoms with Crippen LogP contribution < -0.4 is 4.72 Å². The normalized spacial score (nSPS) is 10.9. The van der Waals surface area contributed by atoms with Gasteiger partial charge in [-0.3, -0.25) is 9.52 Å². The van der Waals surface area contributed by atoms with Gasteiger partial charge >= 0.3 is 0 Å². The quantitative estimate of drug-likeness (QED) is 0.671. The number of nitrogens with zero attached hydrogens (tertiary/aromatic N) is 1. The third-order valence-corrected chi connectivity index (χ3v) is 5.56. The SMILES string of the molecule is CCCC(=O)NSc1nc2cc(-c3ccsc3)ccc2s1. The largest absolute Gasteiger partial charge is 0.294 e. The van der Waals surface area contributed by atoms with E-state index in [-0.39, 0.29) is 5.91 Å². The van der Waals surface area contributed by atoms with Gasteiger partial charge < -0.3 is 0 Å². The van der Waals surface area contributed by atoms with Crippen molar-refractivity contribution < 1.29 is 4.79 Å². The van der Waals surface area contributed by atoms with Crippen molar-refractivity contribution in [1.29, 1.82) is 0 Å². The molecule has 1 aromatic carbocycles. The molecule has 0 radical (unpaired) electrons. The summed E-state index contributed by atoms with van der Waals surface area (Å²) in [6.45, 7) is 1.99. The van der Waals surface area contributed by atoms with Gasteiger partial charge in [0, 0.05) is 18.4 Å². The predicted molar refractivity (Wildman–Crippen MR) is 91.8 cm³/mol. The molecule has 0 unspecified atom stereocenters. The maximum Gasteiger partial charge on any atom is 0.230 e. The van der Waals surface area contributed by atoms with Gasteiger partial charge in [0.25, 0.3) is 0 Å². The van der Waals surface area contributed by atoms with Crippen molar-refractivity contribution in [2.24, 2.45) is 0 Å². The van der Waals surface area contributed by atoms with Crippen LogP contribution in [0.2, 0.25) is 0 Å². The summed E-state index contributed by atoms with van der Waals surface area (Å²) >= 11 is 4.60. The molecule has 0 atom stereocenters. The number of carbonyl (C=O) groups excluding carboxylic acids is 1. The molecule has 0 saturated carbocycles. The highest BCUT2D eigenvalue weighted by Gasteiger charge is 2.08. The second-order valence-corrected chi connectivity index (χ2v) is 7.42. The fourth-order valence-corrected chi connectivity index (χ4v) is 4.29. The van der Waals surface area contributed by atoms with Crippen LogP contribution in [-0.2, 0) is 4.79 Å². The number of hydrogen-bond donors (Lipinski definition) is 1. The van der Waals surface area contributed by atoms with E-state index in [1.165, 1.54) is 23.1 Å². The number of thiazole rings is 1. The summed E-state index contributed by atoms with van der Waals surface area (Å²) in [4.78, 5) is 16.1. The van der Waals surface area contributed by atoms with E-state index in [4.69, 9.17) is 0 Å². The Morgan fingerprint density at radius 1 is 1.33 bits per heavy atom. The minimum Gasteiger partial charge on any atom is -0.294 e. The standard InChI is InChI=1S/C15H14N2OS3/c1-2-3-14(18)17-21-15-16-12-8-10(4-5-13(12)20-15)11-6-7-19-9-11/h4-9H,2-3H2,1H3,(H,17,18). The summed E-state index contributed by atoms with van der Waals surface area (Å²) in [6.07, 6.45) is 1.41. The molecule has 2 heterocycles. The fourth-order valence-electron chi connectivity index (χ4n) is 1.94. The molecule has 1 N–H and O–H groups in total. The third kappa shape index (κ3) is 3.45. The number of amides is 1. The molecule has 0 aliphatic heterocycles. The number of hydrogen-bond acceptors (Lipinski definition) is 5. The monoisotopic (exact) mass is 334 g/mol. The van der Waals surface area contributed by atoms with Crippen molar-refractivity contribution in [3.05, 3.63) is 35.0 Å². The fraction of sp³-hybridized carbons (Fsp3) is 0.200. The van der Waals surface area contributed by atoms with Gasteiger partial charge in [-0.1, -0.05) is 13.0 Å². The lowest BCUT2D eigenvalue weighted by atomic mass is 10.1. The van der Waals surface area contributed by atoms with E-state index in [2.05, 4.69) is 44.7 Å². The molecule has 3 rings (SSSR count). The lowest BCUT2D eigenvalue weighted by Crippen LogP contribution is -2.14. The molecule has 0 saturated heterocycles. The van der Waals surface area contributed by atoms with Crippen LogP contribution in [0.3, 0.4) is 0 Å². The molecule has 0 aliphatic carbocycles. The van der Waals surface area contributed by atoms with Crippen molar-refractivity contribution in [3.8, 4) is 11.1 Å². The number of rotatable bonds is 5. The maximum absolute atomic E-state index is 11.5. The predicted octanol–water partition coefficient (Wildman–Crippen LogP) is 4.95. The molecule has 0 bridgehead atoms. The van der Waals surface area contributed by atoms with Crippen molar-refractivity contribution in [2.45, 2.75) is 24.1 Å². The van der Waals surface area contributed by atoms with E-state index in [9.17, 15) is 4.79 Å². The summed E-state index contributed by atoms with van der Waals surface area (Å²) in [5, 5.41) is 4.21. The van der Waals surface area contributed by atoms with Gasteiger partial charge in [0.05, 0.1) is 10.2 Å². The number of aromatic nitrogens is 1. The molecule has 1 amide bonds. The first-order valence-electron chi connectivity index (χ1n) is 6.65. The highest BCUT2D eigenvalue weighted by Crippen LogP contribution is 2.32. The van der Waals surface area contributed by atoms with Crippen molar-refractivity contribution in [1.82, 2.24) is 9.71 Å². The number of benzene rings is 1. The summed E-state index contributed by atoms with van der Waals surface area (Å²) in [5.41, 5.74) is 3.39. The second-order valence-electron chi connectivity index (χ2n) is 4.55. The van der Waals surface area contributed by atoms with Crippen molar-refractivity contribution in [3.63, 3.8) is 0 Å². The Morgan fingerprint density at radius 3 is 3.00 bits per heavy atom. The molecule has 3 aromatic rings. The number of fused-ring (bicyclic) bond motifs is 1. The van der Waals surface area contributed by atoms with Crippen LogP contribution in [0.25, 0.3) is 21.3 Å². The first-order chi connectivity index (χ1) is 10.3. The van der Waals surface area contributed by atoms with Crippen molar-refractivity contribution >= 4 is 50.7 Å². The van der Waals surface area contributed by atoms with Crippen LogP contribution >= 0.6 is 34.6 Å². The molecule has 0 spiro atoms. The zero-order valence-electron chi connectivity index (χ0n) is 11.5. The van der Waals surface area contributed by atoms with Crippen LogP contribution in [0.5, 0.6) is 0 Å². The zero-order valence-corrected chi connectivity index (χ0v) is 13.9. The average molecular weight is 334 g/mol. The van der Waals surface area contributed by atoms with Gasteiger partial charge in [0.1, 0.15) is 0 Å². The molecule has 6 heteroatoms. The lowest BCUT2D eigenvalue weighted by Gasteiger charge is -1.98. The molecular weight excluding hydrogens is 320 g/mol. The molecule has 0 aliphatic rings. The Labute approximate surface area is 135 Å². The van der Waals surface area contributed by atoms with Gasteiger partial charge in [-0.2, -0.15) is 11.3 Å². The van der Waals surface area contributed by atoms with Gasteiger partial charge in [0.2, 0.25) is 5.91 Å². The molecule has 0 fully saturated rings. The Kier molecular flexibility index (Phi) is 4.57. The van der Waals surface area contributed by atoms with E-state index in [1.54, 1.807) is 22.7 Å². The van der Waals surface area contributed by atoms with E-state index in [0.717, 1.165) is 21.0 Å². The summed E-state index contributed by atoms with van der Waals surface area (Å²) in [6, 6.07) is 8.43. The van der Waals surface area contributed by atoms with Gasteiger partial charge in [-0.05, 0) is 46.5 Å². The molecule has 2 aromatic heterocycles. The van der Waals surface area contributed by atoms with E-state index in [1.807, 2.05) is 6.92 Å². The van der Waals surface area contributed by atoms with E-state index in [0.29, 0.717) is 6.42 Å². The number of carbonyl (C=O) groups is 1. The van der Waals surface area contributed by atoms with Crippen LogP contribution in [0.4, 0.5) is 0 Å². The van der Waals surface area contributed by atoms with Crippen LogP contribution in [0, 0.1) is 0 Å². The van der Waals surface area contributed by atoms with E-state index < -0.39 is 0 Å². The minimum atomic E-state index is 0.0562. The van der Waals surface area contributed by atoms with Gasteiger partial charge in [0.15, 0.2) is 4.34 Å². The van der Waals surface area contributed by atoms with E-state index >= 15 is 0 Å². The van der Waals surface area contributed by atoms with Crippen LogP contribution in [0.1, 0.15) is 19.8 Å². The number of thiophene rings is 1. The topological polar surface area (TPSA) is 42.0 Å². The van der Waals surface area contributed by atoms with Crippen LogP contribution in [0.15, 0.2) is 39.4 Å². The summed E-state index contributed by atoms with van der Waals surface area (Å²) < 4.78 is 4.84.